The van der Waals surface area contributed by atoms with Gasteiger partial charge in [0.15, 0.2) is 0 Å². The fourth-order valence-corrected chi connectivity index (χ4v) is 3.88. The predicted molar refractivity (Wildman–Crippen MR) is 83.4 cm³/mol. The molecule has 1 atom stereocenters. The van der Waals surface area contributed by atoms with Crippen molar-refractivity contribution in [2.24, 2.45) is 0 Å². The highest BCUT2D eigenvalue weighted by Gasteiger charge is 2.32. The van der Waals surface area contributed by atoms with Gasteiger partial charge in [0.1, 0.15) is 5.37 Å². The molecule has 0 aliphatic carbocycles. The molecule has 2 aromatic rings. The zero-order valence-electron chi connectivity index (χ0n) is 12.4. The number of thioether (sulfide) groups is 1. The van der Waals surface area contributed by atoms with Crippen LogP contribution in [0.3, 0.4) is 0 Å². The zero-order valence-corrected chi connectivity index (χ0v) is 13.2. The van der Waals surface area contributed by atoms with Crippen LogP contribution < -0.4 is 0 Å². The Morgan fingerprint density at radius 2 is 2.09 bits per heavy atom. The average molecular weight is 340 g/mol. The molecule has 0 unspecified atom stereocenters. The van der Waals surface area contributed by atoms with Crippen LogP contribution in [0.4, 0.5) is 13.2 Å². The molecule has 3 rings (SSSR count). The van der Waals surface area contributed by atoms with Crippen LogP contribution in [0, 0.1) is 0 Å². The summed E-state index contributed by atoms with van der Waals surface area (Å²) in [5.41, 5.74) is 0.689. The minimum atomic E-state index is -4.36. The lowest BCUT2D eigenvalue weighted by Gasteiger charge is -2.21. The molecule has 1 fully saturated rings. The summed E-state index contributed by atoms with van der Waals surface area (Å²) < 4.78 is 40.1. The number of hydrogen-bond donors (Lipinski definition) is 0. The standard InChI is InChI=1S/C16H15F3N2OS/c1-2-21-14(22)10-23-15(21)11-6-7-20(9-11)13-5-3-4-12(8-13)16(17,18)19/h3-9,15H,2,10H2,1H3/t15-/m1/s1. The number of alkyl halides is 3. The van der Waals surface area contributed by atoms with Gasteiger partial charge < -0.3 is 9.47 Å². The van der Waals surface area contributed by atoms with Crippen LogP contribution in [0.2, 0.25) is 0 Å². The second kappa shape index (κ2) is 5.96. The molecule has 0 N–H and O–H groups in total. The van der Waals surface area contributed by atoms with Crippen molar-refractivity contribution in [3.8, 4) is 5.69 Å². The Morgan fingerprint density at radius 3 is 2.78 bits per heavy atom. The highest BCUT2D eigenvalue weighted by molar-refractivity contribution is 8.00. The Hall–Kier alpha value is -1.89. The summed E-state index contributed by atoms with van der Waals surface area (Å²) in [5.74, 6) is 0.530. The minimum absolute atomic E-state index is 0.0699. The van der Waals surface area contributed by atoms with E-state index in [1.54, 1.807) is 27.9 Å². The summed E-state index contributed by atoms with van der Waals surface area (Å²) in [5, 5.41) is -0.0699. The van der Waals surface area contributed by atoms with Gasteiger partial charge in [0.25, 0.3) is 0 Å². The molecule has 2 heterocycles. The van der Waals surface area contributed by atoms with Crippen molar-refractivity contribution in [1.82, 2.24) is 9.47 Å². The van der Waals surface area contributed by atoms with E-state index < -0.39 is 11.7 Å². The van der Waals surface area contributed by atoms with Crippen LogP contribution in [0.5, 0.6) is 0 Å². The van der Waals surface area contributed by atoms with E-state index in [0.29, 0.717) is 18.0 Å². The number of rotatable bonds is 3. The third kappa shape index (κ3) is 3.10. The van der Waals surface area contributed by atoms with Crippen LogP contribution in [0.25, 0.3) is 5.69 Å². The van der Waals surface area contributed by atoms with Gasteiger partial charge in [-0.1, -0.05) is 6.07 Å². The van der Waals surface area contributed by atoms with Gasteiger partial charge in [0.2, 0.25) is 5.91 Å². The van der Waals surface area contributed by atoms with Crippen molar-refractivity contribution in [2.45, 2.75) is 18.5 Å². The molecule has 3 nitrogen and oxygen atoms in total. The van der Waals surface area contributed by atoms with Gasteiger partial charge in [0.05, 0.1) is 11.3 Å². The summed E-state index contributed by atoms with van der Waals surface area (Å²) in [4.78, 5) is 13.6. The third-order valence-corrected chi connectivity index (χ3v) is 5.04. The van der Waals surface area contributed by atoms with E-state index in [1.807, 2.05) is 13.0 Å². The molecular formula is C16H15F3N2OS. The quantitative estimate of drug-likeness (QED) is 0.841. The summed E-state index contributed by atoms with van der Waals surface area (Å²) >= 11 is 1.54. The topological polar surface area (TPSA) is 25.2 Å². The lowest BCUT2D eigenvalue weighted by molar-refractivity contribution is -0.137. The summed E-state index contributed by atoms with van der Waals surface area (Å²) in [6.45, 7) is 2.53. The number of halogens is 3. The van der Waals surface area contributed by atoms with E-state index in [4.69, 9.17) is 0 Å². The molecule has 0 spiro atoms. The lowest BCUT2D eigenvalue weighted by Crippen LogP contribution is -2.27. The first-order valence-electron chi connectivity index (χ1n) is 7.16. The Labute approximate surface area is 136 Å². The molecule has 122 valence electrons. The van der Waals surface area contributed by atoms with E-state index >= 15 is 0 Å². The summed E-state index contributed by atoms with van der Waals surface area (Å²) in [6.07, 6.45) is -0.852. The molecule has 1 amide bonds. The number of carbonyl (C=O) groups is 1. The molecule has 1 aliphatic rings. The SMILES string of the molecule is CCN1C(=O)CS[C@@H]1c1ccn(-c2cccc(C(F)(F)F)c2)c1. The molecule has 23 heavy (non-hydrogen) atoms. The highest BCUT2D eigenvalue weighted by Crippen LogP contribution is 2.39. The van der Waals surface area contributed by atoms with Crippen molar-refractivity contribution >= 4 is 17.7 Å². The lowest BCUT2D eigenvalue weighted by atomic mass is 10.2. The van der Waals surface area contributed by atoms with E-state index in [9.17, 15) is 18.0 Å². The number of hydrogen-bond acceptors (Lipinski definition) is 2. The van der Waals surface area contributed by atoms with Gasteiger partial charge in [-0.05, 0) is 31.2 Å². The van der Waals surface area contributed by atoms with Crippen LogP contribution in [-0.4, -0.2) is 27.7 Å². The van der Waals surface area contributed by atoms with Crippen molar-refractivity contribution in [2.75, 3.05) is 12.3 Å². The molecule has 1 saturated heterocycles. The summed E-state index contributed by atoms with van der Waals surface area (Å²) in [7, 11) is 0. The van der Waals surface area contributed by atoms with Gasteiger partial charge in [-0.25, -0.2) is 0 Å². The van der Waals surface area contributed by atoms with Crippen molar-refractivity contribution in [3.05, 3.63) is 53.9 Å². The largest absolute Gasteiger partial charge is 0.416 e. The maximum atomic E-state index is 12.8. The van der Waals surface area contributed by atoms with Crippen molar-refractivity contribution < 1.29 is 18.0 Å². The highest BCUT2D eigenvalue weighted by atomic mass is 32.2. The molecule has 0 saturated carbocycles. The normalized spacial score (nSPS) is 18.7. The molecule has 7 heteroatoms. The molecule has 0 radical (unpaired) electrons. The van der Waals surface area contributed by atoms with E-state index in [2.05, 4.69) is 0 Å². The number of aromatic nitrogens is 1. The maximum absolute atomic E-state index is 12.8. The number of benzene rings is 1. The van der Waals surface area contributed by atoms with E-state index in [-0.39, 0.29) is 11.3 Å². The van der Waals surface area contributed by atoms with Gasteiger partial charge in [-0.2, -0.15) is 13.2 Å². The summed E-state index contributed by atoms with van der Waals surface area (Å²) in [6, 6.07) is 7.04. The van der Waals surface area contributed by atoms with Crippen LogP contribution in [0.15, 0.2) is 42.7 Å². The molecule has 0 bridgehead atoms. The Balaban J connectivity index is 1.89. The Kier molecular flexibility index (Phi) is 4.14. The second-order valence-corrected chi connectivity index (χ2v) is 6.31. The molecule has 1 aromatic carbocycles. The van der Waals surface area contributed by atoms with Gasteiger partial charge in [0, 0.05) is 30.2 Å². The molecule has 1 aliphatic heterocycles. The first-order valence-corrected chi connectivity index (χ1v) is 8.21. The Morgan fingerprint density at radius 1 is 1.30 bits per heavy atom. The first-order chi connectivity index (χ1) is 10.9. The van der Waals surface area contributed by atoms with Crippen LogP contribution >= 0.6 is 11.8 Å². The van der Waals surface area contributed by atoms with Crippen LogP contribution in [-0.2, 0) is 11.0 Å². The Bertz CT molecular complexity index is 726. The predicted octanol–water partition coefficient (Wildman–Crippen LogP) is 4.09. The number of nitrogens with zero attached hydrogens (tertiary/aromatic N) is 2. The monoisotopic (exact) mass is 340 g/mol. The zero-order chi connectivity index (χ0) is 16.6. The van der Waals surface area contributed by atoms with E-state index in [1.165, 1.54) is 17.8 Å². The maximum Gasteiger partial charge on any atom is 0.416 e. The molecule has 1 aromatic heterocycles. The minimum Gasteiger partial charge on any atom is -0.326 e. The fourth-order valence-electron chi connectivity index (χ4n) is 2.63. The fraction of sp³-hybridized carbons (Fsp3) is 0.312. The third-order valence-electron chi connectivity index (χ3n) is 3.78. The average Bonchev–Trinajstić information content (AvgIpc) is 3.12. The molecular weight excluding hydrogens is 325 g/mol. The number of amides is 1. The van der Waals surface area contributed by atoms with Crippen molar-refractivity contribution in [1.29, 1.82) is 0 Å². The van der Waals surface area contributed by atoms with Gasteiger partial charge in [-0.3, -0.25) is 4.79 Å². The number of carbonyl (C=O) groups excluding carboxylic acids is 1. The van der Waals surface area contributed by atoms with Gasteiger partial charge in [-0.15, -0.1) is 11.8 Å². The second-order valence-electron chi connectivity index (χ2n) is 5.24. The first kappa shape index (κ1) is 16.0. The van der Waals surface area contributed by atoms with Crippen LogP contribution in [0.1, 0.15) is 23.4 Å². The van der Waals surface area contributed by atoms with Gasteiger partial charge >= 0.3 is 6.18 Å². The van der Waals surface area contributed by atoms with E-state index in [0.717, 1.165) is 17.7 Å². The van der Waals surface area contributed by atoms with Crippen molar-refractivity contribution in [3.63, 3.8) is 0 Å². The smallest absolute Gasteiger partial charge is 0.326 e.